The monoisotopic (exact) mass is 402 g/mol. The van der Waals surface area contributed by atoms with Crippen molar-refractivity contribution in [2.75, 3.05) is 5.32 Å². The highest BCUT2D eigenvalue weighted by Crippen LogP contribution is 2.17. The first-order valence-electron chi connectivity index (χ1n) is 9.92. The summed E-state index contributed by atoms with van der Waals surface area (Å²) in [5.74, 6) is 0.142. The highest BCUT2D eigenvalue weighted by molar-refractivity contribution is 5.98. The molecule has 2 N–H and O–H groups in total. The fourth-order valence-electron chi connectivity index (χ4n) is 2.96. The summed E-state index contributed by atoms with van der Waals surface area (Å²) in [4.78, 5) is 25.1. The number of anilines is 1. The van der Waals surface area contributed by atoms with Crippen LogP contribution in [0.25, 0.3) is 0 Å². The van der Waals surface area contributed by atoms with Gasteiger partial charge in [0.15, 0.2) is 6.10 Å². The maximum absolute atomic E-state index is 12.6. The first kappa shape index (κ1) is 21.1. The number of amides is 2. The van der Waals surface area contributed by atoms with Crippen LogP contribution in [0.2, 0.25) is 0 Å². The summed E-state index contributed by atoms with van der Waals surface area (Å²) in [5, 5.41) is 5.79. The molecule has 0 fully saturated rings. The Morgan fingerprint density at radius 1 is 0.867 bits per heavy atom. The number of benzene rings is 3. The molecule has 0 aliphatic rings. The predicted molar refractivity (Wildman–Crippen MR) is 119 cm³/mol. The number of aryl methyl sites for hydroxylation is 1. The lowest BCUT2D eigenvalue weighted by Crippen LogP contribution is -2.30. The van der Waals surface area contributed by atoms with Gasteiger partial charge >= 0.3 is 0 Å². The first-order valence-corrected chi connectivity index (χ1v) is 9.92. The van der Waals surface area contributed by atoms with Crippen LogP contribution in [0.4, 0.5) is 5.69 Å². The third kappa shape index (κ3) is 5.70. The van der Waals surface area contributed by atoms with Crippen molar-refractivity contribution in [2.24, 2.45) is 0 Å². The Hall–Kier alpha value is -3.60. The van der Waals surface area contributed by atoms with Crippen molar-refractivity contribution in [2.45, 2.75) is 32.9 Å². The van der Waals surface area contributed by atoms with E-state index in [-0.39, 0.29) is 17.9 Å². The molecule has 0 spiro atoms. The van der Waals surface area contributed by atoms with Crippen LogP contribution in [0.5, 0.6) is 5.75 Å². The van der Waals surface area contributed by atoms with Gasteiger partial charge in [0.05, 0.1) is 6.04 Å². The highest BCUT2D eigenvalue weighted by atomic mass is 16.5. The quantitative estimate of drug-likeness (QED) is 0.591. The van der Waals surface area contributed by atoms with Crippen LogP contribution in [0.15, 0.2) is 78.9 Å². The van der Waals surface area contributed by atoms with Crippen LogP contribution in [0, 0.1) is 6.92 Å². The molecule has 3 aromatic carbocycles. The van der Waals surface area contributed by atoms with Gasteiger partial charge in [-0.3, -0.25) is 9.59 Å². The van der Waals surface area contributed by atoms with E-state index in [1.54, 1.807) is 31.2 Å². The molecule has 2 amide bonds. The minimum absolute atomic E-state index is 0.125. The van der Waals surface area contributed by atoms with Gasteiger partial charge in [-0.15, -0.1) is 0 Å². The fraction of sp³-hybridized carbons (Fsp3) is 0.200. The summed E-state index contributed by atoms with van der Waals surface area (Å²) in [6.45, 7) is 5.61. The van der Waals surface area contributed by atoms with E-state index >= 15 is 0 Å². The Morgan fingerprint density at radius 3 is 2.27 bits per heavy atom. The summed E-state index contributed by atoms with van der Waals surface area (Å²) >= 11 is 0. The molecule has 0 aliphatic heterocycles. The maximum Gasteiger partial charge on any atom is 0.265 e. The Labute approximate surface area is 177 Å². The minimum atomic E-state index is -0.678. The van der Waals surface area contributed by atoms with Crippen molar-refractivity contribution >= 4 is 17.5 Å². The second kappa shape index (κ2) is 9.74. The third-order valence-corrected chi connectivity index (χ3v) is 4.74. The number of ether oxygens (including phenoxy) is 1. The smallest absolute Gasteiger partial charge is 0.265 e. The van der Waals surface area contributed by atoms with E-state index in [1.807, 2.05) is 68.4 Å². The van der Waals surface area contributed by atoms with E-state index in [9.17, 15) is 9.59 Å². The molecule has 3 rings (SSSR count). The highest BCUT2D eigenvalue weighted by Gasteiger charge is 2.16. The molecule has 2 atom stereocenters. The topological polar surface area (TPSA) is 67.4 Å². The van der Waals surface area contributed by atoms with Crippen molar-refractivity contribution in [3.8, 4) is 5.75 Å². The molecule has 5 heteroatoms. The summed E-state index contributed by atoms with van der Waals surface area (Å²) in [7, 11) is 0. The van der Waals surface area contributed by atoms with Crippen LogP contribution in [0.3, 0.4) is 0 Å². The van der Waals surface area contributed by atoms with Crippen LogP contribution >= 0.6 is 0 Å². The molecule has 0 aromatic heterocycles. The number of hydrogen-bond acceptors (Lipinski definition) is 3. The first-order chi connectivity index (χ1) is 14.4. The normalized spacial score (nSPS) is 12.5. The summed E-state index contributed by atoms with van der Waals surface area (Å²) in [6, 6.07) is 24.0. The van der Waals surface area contributed by atoms with Gasteiger partial charge in [-0.05, 0) is 56.7 Å². The number of nitrogens with one attached hydrogen (secondary N) is 2. The predicted octanol–water partition coefficient (Wildman–Crippen LogP) is 4.89. The van der Waals surface area contributed by atoms with Crippen molar-refractivity contribution in [3.05, 3.63) is 95.6 Å². The van der Waals surface area contributed by atoms with Crippen LogP contribution in [0.1, 0.15) is 41.4 Å². The molecule has 2 unspecified atom stereocenters. The van der Waals surface area contributed by atoms with E-state index in [0.29, 0.717) is 17.0 Å². The zero-order chi connectivity index (χ0) is 21.5. The van der Waals surface area contributed by atoms with Crippen molar-refractivity contribution in [3.63, 3.8) is 0 Å². The van der Waals surface area contributed by atoms with Gasteiger partial charge < -0.3 is 15.4 Å². The van der Waals surface area contributed by atoms with Crippen molar-refractivity contribution < 1.29 is 14.3 Å². The zero-order valence-electron chi connectivity index (χ0n) is 17.4. The fourth-order valence-corrected chi connectivity index (χ4v) is 2.96. The van der Waals surface area contributed by atoms with Gasteiger partial charge in [-0.2, -0.15) is 0 Å². The molecule has 0 heterocycles. The van der Waals surface area contributed by atoms with Crippen LogP contribution in [-0.2, 0) is 4.79 Å². The van der Waals surface area contributed by atoms with E-state index in [2.05, 4.69) is 10.6 Å². The van der Waals surface area contributed by atoms with Gasteiger partial charge in [0.25, 0.3) is 11.8 Å². The van der Waals surface area contributed by atoms with E-state index in [0.717, 1.165) is 11.1 Å². The summed E-state index contributed by atoms with van der Waals surface area (Å²) < 4.78 is 5.69. The second-order valence-corrected chi connectivity index (χ2v) is 7.25. The van der Waals surface area contributed by atoms with Crippen LogP contribution < -0.4 is 15.4 Å². The number of rotatable bonds is 7. The third-order valence-electron chi connectivity index (χ3n) is 4.74. The lowest BCUT2D eigenvalue weighted by atomic mass is 10.1. The van der Waals surface area contributed by atoms with Gasteiger partial charge in [-0.1, -0.05) is 54.1 Å². The zero-order valence-corrected chi connectivity index (χ0v) is 17.4. The average molecular weight is 402 g/mol. The maximum atomic E-state index is 12.6. The van der Waals surface area contributed by atoms with E-state index in [1.165, 1.54) is 0 Å². The largest absolute Gasteiger partial charge is 0.481 e. The second-order valence-electron chi connectivity index (χ2n) is 7.25. The SMILES string of the molecule is Cc1ccc(OC(C)C(=O)Nc2cccc(C(=O)NC(C)c3ccccc3)c2)cc1. The molecule has 3 aromatic rings. The molecule has 0 radical (unpaired) electrons. The van der Waals surface area contributed by atoms with Gasteiger partial charge in [-0.25, -0.2) is 0 Å². The molecule has 0 saturated heterocycles. The average Bonchev–Trinajstić information content (AvgIpc) is 2.76. The molecule has 0 aliphatic carbocycles. The van der Waals surface area contributed by atoms with Crippen molar-refractivity contribution in [1.29, 1.82) is 0 Å². The van der Waals surface area contributed by atoms with Gasteiger partial charge in [0.2, 0.25) is 0 Å². The van der Waals surface area contributed by atoms with Crippen LogP contribution in [-0.4, -0.2) is 17.9 Å². The summed E-state index contributed by atoms with van der Waals surface area (Å²) in [6.07, 6.45) is -0.678. The van der Waals surface area contributed by atoms with E-state index in [4.69, 9.17) is 4.74 Å². The lowest BCUT2D eigenvalue weighted by molar-refractivity contribution is -0.122. The van der Waals surface area contributed by atoms with Crippen molar-refractivity contribution in [1.82, 2.24) is 5.32 Å². The standard InChI is InChI=1S/C25H26N2O3/c1-17-12-14-23(15-13-17)30-19(3)24(28)27-22-11-7-10-21(16-22)25(29)26-18(2)20-8-5-4-6-9-20/h4-16,18-19H,1-3H3,(H,26,29)(H,27,28). The molecule has 30 heavy (non-hydrogen) atoms. The molecule has 154 valence electrons. The Kier molecular flexibility index (Phi) is 6.86. The van der Waals surface area contributed by atoms with Gasteiger partial charge in [0, 0.05) is 11.3 Å². The molecule has 0 bridgehead atoms. The van der Waals surface area contributed by atoms with Gasteiger partial charge in [0.1, 0.15) is 5.75 Å². The number of carbonyl (C=O) groups excluding carboxylic acids is 2. The van der Waals surface area contributed by atoms with E-state index < -0.39 is 6.10 Å². The molecular formula is C25H26N2O3. The Balaban J connectivity index is 1.60. The molecule has 0 saturated carbocycles. The number of carbonyl (C=O) groups is 2. The Morgan fingerprint density at radius 2 is 1.57 bits per heavy atom. The lowest BCUT2D eigenvalue weighted by Gasteiger charge is -2.16. The number of hydrogen-bond donors (Lipinski definition) is 2. The molecular weight excluding hydrogens is 376 g/mol. The minimum Gasteiger partial charge on any atom is -0.481 e. The molecule has 5 nitrogen and oxygen atoms in total. The Bertz CT molecular complexity index is 1000. The summed E-state index contributed by atoms with van der Waals surface area (Å²) in [5.41, 5.74) is 3.16.